The fraction of sp³-hybridized carbons (Fsp3) is 0.357. The number of hydrogen-bond acceptors (Lipinski definition) is 2. The molecule has 0 saturated heterocycles. The molecule has 2 nitrogen and oxygen atoms in total. The summed E-state index contributed by atoms with van der Waals surface area (Å²) >= 11 is 0. The van der Waals surface area contributed by atoms with Crippen molar-refractivity contribution in [2.24, 2.45) is 4.99 Å². The van der Waals surface area contributed by atoms with Crippen LogP contribution in [0.15, 0.2) is 47.0 Å². The van der Waals surface area contributed by atoms with Gasteiger partial charge in [-0.25, -0.2) is 0 Å². The highest BCUT2D eigenvalue weighted by Crippen LogP contribution is 2.24. The second kappa shape index (κ2) is 6.96. The summed E-state index contributed by atoms with van der Waals surface area (Å²) in [5.41, 5.74) is 2.27. The highest BCUT2D eigenvalue weighted by molar-refractivity contribution is 5.80. The molecule has 0 amide bonds. The molecule has 1 rings (SSSR count). The molecule has 1 atom stereocenters. The molecule has 0 aliphatic heterocycles. The van der Waals surface area contributed by atoms with E-state index in [1.165, 1.54) is 0 Å². The molecule has 86 valence electrons. The van der Waals surface area contributed by atoms with Crippen molar-refractivity contribution in [3.8, 4) is 0 Å². The standard InChI is InChI=1S/C14H19NO/c1-4-8-13(11-15-2)14(16-3)12-9-6-5-7-10-12/h5-11,14H,4H2,1-3H3/b13-8+,15-11?. The van der Waals surface area contributed by atoms with Crippen LogP contribution >= 0.6 is 0 Å². The second-order valence-electron chi connectivity index (χ2n) is 3.53. The van der Waals surface area contributed by atoms with Gasteiger partial charge in [-0.3, -0.25) is 4.99 Å². The van der Waals surface area contributed by atoms with Crippen LogP contribution < -0.4 is 0 Å². The molecule has 0 fully saturated rings. The van der Waals surface area contributed by atoms with Gasteiger partial charge in [0.15, 0.2) is 0 Å². The topological polar surface area (TPSA) is 21.6 Å². The van der Waals surface area contributed by atoms with Crippen LogP contribution in [0.4, 0.5) is 0 Å². The Labute approximate surface area is 97.7 Å². The Morgan fingerprint density at radius 2 is 2.06 bits per heavy atom. The fourth-order valence-corrected chi connectivity index (χ4v) is 1.70. The molecule has 0 radical (unpaired) electrons. The minimum atomic E-state index is -0.0233. The Hall–Kier alpha value is -1.41. The Morgan fingerprint density at radius 1 is 1.38 bits per heavy atom. The minimum absolute atomic E-state index is 0.0233. The third-order valence-electron chi connectivity index (χ3n) is 2.36. The molecule has 0 N–H and O–H groups in total. The van der Waals surface area contributed by atoms with Crippen molar-refractivity contribution in [1.82, 2.24) is 0 Å². The monoisotopic (exact) mass is 217 g/mol. The summed E-state index contributed by atoms with van der Waals surface area (Å²) < 4.78 is 5.54. The van der Waals surface area contributed by atoms with Crippen molar-refractivity contribution in [3.63, 3.8) is 0 Å². The van der Waals surface area contributed by atoms with Crippen LogP contribution in [0.3, 0.4) is 0 Å². The first-order valence-corrected chi connectivity index (χ1v) is 5.53. The predicted octanol–water partition coefficient (Wildman–Crippen LogP) is 3.41. The molecule has 0 aliphatic carbocycles. The van der Waals surface area contributed by atoms with Gasteiger partial charge in [-0.05, 0) is 17.6 Å². The lowest BCUT2D eigenvalue weighted by Gasteiger charge is -2.16. The van der Waals surface area contributed by atoms with E-state index < -0.39 is 0 Å². The van der Waals surface area contributed by atoms with Crippen LogP contribution in [0.1, 0.15) is 25.0 Å². The maximum Gasteiger partial charge on any atom is 0.108 e. The molecule has 16 heavy (non-hydrogen) atoms. The lowest BCUT2D eigenvalue weighted by molar-refractivity contribution is 0.138. The van der Waals surface area contributed by atoms with Crippen molar-refractivity contribution < 1.29 is 4.74 Å². The Bertz CT molecular complexity index is 354. The quantitative estimate of drug-likeness (QED) is 0.693. The molecule has 2 heteroatoms. The third kappa shape index (κ3) is 3.31. The number of nitrogens with zero attached hydrogens (tertiary/aromatic N) is 1. The normalized spacial score (nSPS) is 14.3. The summed E-state index contributed by atoms with van der Waals surface area (Å²) in [7, 11) is 3.51. The molecule has 1 unspecified atom stereocenters. The summed E-state index contributed by atoms with van der Waals surface area (Å²) in [6.07, 6.45) is 4.97. The van der Waals surface area contributed by atoms with Crippen molar-refractivity contribution in [3.05, 3.63) is 47.5 Å². The zero-order valence-electron chi connectivity index (χ0n) is 10.2. The fourth-order valence-electron chi connectivity index (χ4n) is 1.70. The maximum absolute atomic E-state index is 5.54. The molecule has 0 bridgehead atoms. The number of rotatable bonds is 5. The minimum Gasteiger partial charge on any atom is -0.372 e. The summed E-state index contributed by atoms with van der Waals surface area (Å²) in [4.78, 5) is 4.08. The van der Waals surface area contributed by atoms with Gasteiger partial charge in [0.2, 0.25) is 0 Å². The average Bonchev–Trinajstić information content (AvgIpc) is 2.32. The SMILES string of the molecule is CC/C=C(\C=NC)C(OC)c1ccccc1. The van der Waals surface area contributed by atoms with E-state index in [1.54, 1.807) is 14.2 Å². The lowest BCUT2D eigenvalue weighted by Crippen LogP contribution is -2.06. The zero-order chi connectivity index (χ0) is 11.8. The molecular formula is C14H19NO. The van der Waals surface area contributed by atoms with Gasteiger partial charge >= 0.3 is 0 Å². The number of methoxy groups -OCH3 is 1. The van der Waals surface area contributed by atoms with E-state index in [-0.39, 0.29) is 6.10 Å². The molecule has 0 saturated carbocycles. The van der Waals surface area contributed by atoms with Crippen LogP contribution in [0, 0.1) is 0 Å². The summed E-state index contributed by atoms with van der Waals surface area (Å²) in [5, 5.41) is 0. The van der Waals surface area contributed by atoms with Crippen LogP contribution in [-0.4, -0.2) is 20.4 Å². The van der Waals surface area contributed by atoms with E-state index in [1.807, 2.05) is 24.4 Å². The van der Waals surface area contributed by atoms with E-state index in [0.717, 1.165) is 17.6 Å². The van der Waals surface area contributed by atoms with E-state index in [9.17, 15) is 0 Å². The van der Waals surface area contributed by atoms with Gasteiger partial charge in [0.05, 0.1) is 0 Å². The number of ether oxygens (including phenoxy) is 1. The van der Waals surface area contributed by atoms with Gasteiger partial charge < -0.3 is 4.74 Å². The summed E-state index contributed by atoms with van der Waals surface area (Å²) in [5.74, 6) is 0. The number of benzene rings is 1. The van der Waals surface area contributed by atoms with Crippen LogP contribution in [-0.2, 0) is 4.74 Å². The zero-order valence-corrected chi connectivity index (χ0v) is 10.2. The number of allylic oxidation sites excluding steroid dienone is 1. The van der Waals surface area contributed by atoms with Gasteiger partial charge in [-0.1, -0.05) is 43.3 Å². The Morgan fingerprint density at radius 3 is 2.56 bits per heavy atom. The third-order valence-corrected chi connectivity index (χ3v) is 2.36. The van der Waals surface area contributed by atoms with E-state index >= 15 is 0 Å². The van der Waals surface area contributed by atoms with E-state index in [4.69, 9.17) is 4.74 Å². The molecule has 0 aromatic heterocycles. The lowest BCUT2D eigenvalue weighted by atomic mass is 10.0. The van der Waals surface area contributed by atoms with Crippen molar-refractivity contribution in [1.29, 1.82) is 0 Å². The van der Waals surface area contributed by atoms with Gasteiger partial charge in [0.25, 0.3) is 0 Å². The van der Waals surface area contributed by atoms with Crippen LogP contribution in [0.5, 0.6) is 0 Å². The smallest absolute Gasteiger partial charge is 0.108 e. The highest BCUT2D eigenvalue weighted by atomic mass is 16.5. The Kier molecular flexibility index (Phi) is 5.51. The molecule has 1 aromatic carbocycles. The highest BCUT2D eigenvalue weighted by Gasteiger charge is 2.13. The van der Waals surface area contributed by atoms with Gasteiger partial charge in [0, 0.05) is 20.4 Å². The number of hydrogen-bond donors (Lipinski definition) is 0. The van der Waals surface area contributed by atoms with Gasteiger partial charge in [-0.15, -0.1) is 0 Å². The van der Waals surface area contributed by atoms with E-state index in [2.05, 4.69) is 30.1 Å². The second-order valence-corrected chi connectivity index (χ2v) is 3.53. The van der Waals surface area contributed by atoms with E-state index in [0.29, 0.717) is 0 Å². The van der Waals surface area contributed by atoms with Crippen molar-refractivity contribution >= 4 is 6.21 Å². The van der Waals surface area contributed by atoms with Crippen molar-refractivity contribution in [2.75, 3.05) is 14.2 Å². The summed E-state index contributed by atoms with van der Waals surface area (Å²) in [6, 6.07) is 10.2. The first-order chi connectivity index (χ1) is 7.83. The Balaban J connectivity index is 3.00. The largest absolute Gasteiger partial charge is 0.372 e. The molecule has 0 spiro atoms. The molecule has 0 aliphatic rings. The van der Waals surface area contributed by atoms with Gasteiger partial charge in [-0.2, -0.15) is 0 Å². The van der Waals surface area contributed by atoms with Gasteiger partial charge in [0.1, 0.15) is 6.10 Å². The first-order valence-electron chi connectivity index (χ1n) is 5.53. The first kappa shape index (κ1) is 12.7. The predicted molar refractivity (Wildman–Crippen MR) is 69.0 cm³/mol. The van der Waals surface area contributed by atoms with Crippen molar-refractivity contribution in [2.45, 2.75) is 19.4 Å². The van der Waals surface area contributed by atoms with Crippen LogP contribution in [0.2, 0.25) is 0 Å². The molecular weight excluding hydrogens is 198 g/mol. The summed E-state index contributed by atoms with van der Waals surface area (Å²) in [6.45, 7) is 2.11. The maximum atomic E-state index is 5.54. The number of aliphatic imine (C=N–C) groups is 1. The molecule has 1 aromatic rings. The van der Waals surface area contributed by atoms with Crippen LogP contribution in [0.25, 0.3) is 0 Å². The average molecular weight is 217 g/mol. The molecule has 0 heterocycles.